The highest BCUT2D eigenvalue weighted by Crippen LogP contribution is 2.25. The van der Waals surface area contributed by atoms with E-state index in [1.54, 1.807) is 24.3 Å². The second-order valence-electron chi connectivity index (χ2n) is 5.59. The molecule has 136 valence electrons. The van der Waals surface area contributed by atoms with Crippen LogP contribution in [0, 0.1) is 13.8 Å². The summed E-state index contributed by atoms with van der Waals surface area (Å²) in [5, 5.41) is 4.89. The average molecular weight is 408 g/mol. The van der Waals surface area contributed by atoms with Crippen LogP contribution in [-0.4, -0.2) is 15.9 Å². The molecule has 0 atom stereocenters. The number of hydrogen-bond acceptors (Lipinski definition) is 6. The average Bonchev–Trinajstić information content (AvgIpc) is 3.16. The van der Waals surface area contributed by atoms with Crippen LogP contribution in [0.4, 0.5) is 5.13 Å². The Morgan fingerprint density at radius 3 is 2.58 bits per heavy atom. The summed E-state index contributed by atoms with van der Waals surface area (Å²) in [6.45, 7) is 6.18. The van der Waals surface area contributed by atoms with Crippen molar-refractivity contribution in [2.45, 2.75) is 33.8 Å². The molecule has 0 fully saturated rings. The molecule has 1 aromatic carbocycles. The van der Waals surface area contributed by atoms with E-state index in [1.165, 1.54) is 22.7 Å². The molecule has 0 aliphatic heterocycles. The number of hydrogen-bond donors (Lipinski definition) is 1. The third-order valence-electron chi connectivity index (χ3n) is 3.67. The zero-order valence-electron chi connectivity index (χ0n) is 14.6. The molecular formula is C18H18ClN3O2S2. The maximum absolute atomic E-state index is 12.5. The topological polar surface area (TPSA) is 64.1 Å². The Labute approximate surface area is 165 Å². The minimum Gasteiger partial charge on any atom is -0.486 e. The number of anilines is 1. The fourth-order valence-corrected chi connectivity index (χ4v) is 4.26. The summed E-state index contributed by atoms with van der Waals surface area (Å²) in [6, 6.07) is 7.13. The van der Waals surface area contributed by atoms with Gasteiger partial charge >= 0.3 is 0 Å². The van der Waals surface area contributed by atoms with Gasteiger partial charge in [0.05, 0.1) is 11.4 Å². The molecule has 5 nitrogen and oxygen atoms in total. The fourth-order valence-electron chi connectivity index (χ4n) is 2.36. The summed E-state index contributed by atoms with van der Waals surface area (Å²) in [7, 11) is 0. The number of carbonyl (C=O) groups is 1. The first-order valence-electron chi connectivity index (χ1n) is 8.08. The Kier molecular flexibility index (Phi) is 5.90. The number of nitrogens with zero attached hydrogens (tertiary/aromatic N) is 2. The molecule has 26 heavy (non-hydrogen) atoms. The molecule has 0 spiro atoms. The van der Waals surface area contributed by atoms with Crippen LogP contribution < -0.4 is 10.1 Å². The fraction of sp³-hybridized carbons (Fsp3) is 0.278. The second-order valence-corrected chi connectivity index (χ2v) is 8.32. The molecule has 0 saturated heterocycles. The molecule has 2 aromatic heterocycles. The smallest absolute Gasteiger partial charge is 0.269 e. The molecule has 0 saturated carbocycles. The van der Waals surface area contributed by atoms with Gasteiger partial charge in [-0.15, -0.1) is 22.7 Å². The highest BCUT2D eigenvalue weighted by molar-refractivity contribution is 7.16. The van der Waals surface area contributed by atoms with Gasteiger partial charge in [-0.1, -0.05) is 18.5 Å². The number of halogens is 1. The third-order valence-corrected chi connectivity index (χ3v) is 5.98. The van der Waals surface area contributed by atoms with Gasteiger partial charge in [0.2, 0.25) is 0 Å². The molecule has 0 aliphatic rings. The van der Waals surface area contributed by atoms with Gasteiger partial charge in [0.25, 0.3) is 5.91 Å². The van der Waals surface area contributed by atoms with Crippen molar-refractivity contribution in [2.24, 2.45) is 0 Å². The number of benzene rings is 1. The van der Waals surface area contributed by atoms with Crippen molar-refractivity contribution in [3.63, 3.8) is 0 Å². The SMILES string of the molecule is CCc1nc(NC(=O)c2sc(COc3ccc(Cl)cc3)nc2C)sc1C. The molecule has 0 bridgehead atoms. The highest BCUT2D eigenvalue weighted by Gasteiger charge is 2.17. The van der Waals surface area contributed by atoms with Crippen molar-refractivity contribution >= 4 is 45.3 Å². The lowest BCUT2D eigenvalue weighted by Crippen LogP contribution is -2.11. The van der Waals surface area contributed by atoms with E-state index in [9.17, 15) is 4.79 Å². The lowest BCUT2D eigenvalue weighted by atomic mass is 10.3. The summed E-state index contributed by atoms with van der Waals surface area (Å²) >= 11 is 8.68. The lowest BCUT2D eigenvalue weighted by Gasteiger charge is -2.03. The normalized spacial score (nSPS) is 10.8. The van der Waals surface area contributed by atoms with Crippen molar-refractivity contribution < 1.29 is 9.53 Å². The molecular weight excluding hydrogens is 390 g/mol. The molecule has 3 rings (SSSR count). The van der Waals surface area contributed by atoms with Crippen molar-refractivity contribution in [2.75, 3.05) is 5.32 Å². The van der Waals surface area contributed by atoms with E-state index in [2.05, 4.69) is 15.3 Å². The molecule has 0 radical (unpaired) electrons. The molecule has 1 amide bonds. The van der Waals surface area contributed by atoms with Crippen LogP contribution in [0.2, 0.25) is 5.02 Å². The van der Waals surface area contributed by atoms with E-state index in [0.29, 0.717) is 33.1 Å². The highest BCUT2D eigenvalue weighted by atomic mass is 35.5. The Balaban J connectivity index is 1.66. The number of rotatable bonds is 6. The monoisotopic (exact) mass is 407 g/mol. The number of amides is 1. The Bertz CT molecular complexity index is 919. The minimum atomic E-state index is -0.186. The zero-order valence-corrected chi connectivity index (χ0v) is 17.0. The first kappa shape index (κ1) is 18.8. The summed E-state index contributed by atoms with van der Waals surface area (Å²) in [5.41, 5.74) is 1.70. The molecule has 2 heterocycles. The predicted molar refractivity (Wildman–Crippen MR) is 107 cm³/mol. The maximum atomic E-state index is 12.5. The summed E-state index contributed by atoms with van der Waals surface area (Å²) < 4.78 is 5.69. The summed E-state index contributed by atoms with van der Waals surface area (Å²) in [5.74, 6) is 0.521. The van der Waals surface area contributed by atoms with Crippen LogP contribution in [-0.2, 0) is 13.0 Å². The van der Waals surface area contributed by atoms with E-state index in [1.807, 2.05) is 20.8 Å². The molecule has 0 unspecified atom stereocenters. The molecule has 0 aliphatic carbocycles. The third kappa shape index (κ3) is 4.41. The van der Waals surface area contributed by atoms with Gasteiger partial charge in [-0.2, -0.15) is 0 Å². The number of nitrogens with one attached hydrogen (secondary N) is 1. The molecule has 1 N–H and O–H groups in total. The number of ether oxygens (including phenoxy) is 1. The van der Waals surface area contributed by atoms with Crippen LogP contribution in [0.15, 0.2) is 24.3 Å². The van der Waals surface area contributed by atoms with Crippen molar-refractivity contribution in [3.8, 4) is 5.75 Å². The first-order chi connectivity index (χ1) is 12.5. The first-order valence-corrected chi connectivity index (χ1v) is 10.1. The van der Waals surface area contributed by atoms with Gasteiger partial charge < -0.3 is 4.74 Å². The largest absolute Gasteiger partial charge is 0.486 e. The Hall–Kier alpha value is -1.96. The van der Waals surface area contributed by atoms with E-state index in [0.717, 1.165) is 22.0 Å². The van der Waals surface area contributed by atoms with Crippen molar-refractivity contribution in [1.29, 1.82) is 0 Å². The van der Waals surface area contributed by atoms with Crippen LogP contribution >= 0.6 is 34.3 Å². The van der Waals surface area contributed by atoms with Gasteiger partial charge in [0, 0.05) is 9.90 Å². The summed E-state index contributed by atoms with van der Waals surface area (Å²) in [6.07, 6.45) is 0.851. The van der Waals surface area contributed by atoms with Crippen molar-refractivity contribution in [3.05, 3.63) is 55.4 Å². The Morgan fingerprint density at radius 1 is 1.19 bits per heavy atom. The number of carbonyl (C=O) groups excluding carboxylic acids is 1. The number of thiazole rings is 2. The van der Waals surface area contributed by atoms with Crippen LogP contribution in [0.25, 0.3) is 0 Å². The zero-order chi connectivity index (χ0) is 18.7. The van der Waals surface area contributed by atoms with Gasteiger partial charge in [0.1, 0.15) is 22.2 Å². The quantitative estimate of drug-likeness (QED) is 0.605. The van der Waals surface area contributed by atoms with Gasteiger partial charge in [-0.05, 0) is 44.5 Å². The number of aryl methyl sites for hydroxylation is 3. The van der Waals surface area contributed by atoms with Crippen LogP contribution in [0.1, 0.15) is 37.9 Å². The van der Waals surface area contributed by atoms with E-state index in [-0.39, 0.29) is 5.91 Å². The van der Waals surface area contributed by atoms with Gasteiger partial charge in [-0.25, -0.2) is 9.97 Å². The maximum Gasteiger partial charge on any atom is 0.269 e. The van der Waals surface area contributed by atoms with Gasteiger partial charge in [-0.3, -0.25) is 10.1 Å². The standard InChI is InChI=1S/C18H18ClN3O2S2/c1-4-14-11(3)25-18(21-14)22-17(23)16-10(2)20-15(26-16)9-24-13-7-5-12(19)6-8-13/h5-8H,4,9H2,1-3H3,(H,21,22,23). The van der Waals surface area contributed by atoms with E-state index in [4.69, 9.17) is 16.3 Å². The molecule has 3 aromatic rings. The second kappa shape index (κ2) is 8.16. The summed E-state index contributed by atoms with van der Waals surface area (Å²) in [4.78, 5) is 23.1. The van der Waals surface area contributed by atoms with Crippen LogP contribution in [0.5, 0.6) is 5.75 Å². The minimum absolute atomic E-state index is 0.186. The van der Waals surface area contributed by atoms with Gasteiger partial charge in [0.15, 0.2) is 5.13 Å². The lowest BCUT2D eigenvalue weighted by molar-refractivity contribution is 0.103. The van der Waals surface area contributed by atoms with Crippen molar-refractivity contribution in [1.82, 2.24) is 9.97 Å². The van der Waals surface area contributed by atoms with E-state index < -0.39 is 0 Å². The van der Waals surface area contributed by atoms with Crippen LogP contribution in [0.3, 0.4) is 0 Å². The molecule has 8 heteroatoms. The number of aromatic nitrogens is 2. The Morgan fingerprint density at radius 2 is 1.92 bits per heavy atom. The van der Waals surface area contributed by atoms with E-state index >= 15 is 0 Å². The predicted octanol–water partition coefficient (Wildman–Crippen LogP) is 5.26.